The van der Waals surface area contributed by atoms with Gasteiger partial charge in [-0.1, -0.05) is 0 Å². The summed E-state index contributed by atoms with van der Waals surface area (Å²) in [5.41, 5.74) is 0.629. The average molecular weight is 260 g/mol. The number of hydrogen-bond acceptors (Lipinski definition) is 3. The number of ether oxygens (including phenoxy) is 1. The summed E-state index contributed by atoms with van der Waals surface area (Å²) in [5.74, 6) is -0.0506. The largest absolute Gasteiger partial charge is 0.496 e. The monoisotopic (exact) mass is 259 g/mol. The highest BCUT2D eigenvalue weighted by molar-refractivity contribution is 9.10. The molecule has 5 heteroatoms. The van der Waals surface area contributed by atoms with Crippen molar-refractivity contribution in [1.29, 1.82) is 0 Å². The fourth-order valence-corrected chi connectivity index (χ4v) is 1.39. The molecule has 0 heterocycles. The Morgan fingerprint density at radius 3 is 2.93 bits per heavy atom. The molecule has 0 atom stereocenters. The van der Waals surface area contributed by atoms with Gasteiger partial charge < -0.3 is 4.74 Å². The molecule has 1 aromatic rings. The zero-order valence-electron chi connectivity index (χ0n) is 7.38. The van der Waals surface area contributed by atoms with Gasteiger partial charge in [0, 0.05) is 11.6 Å². The maximum absolute atomic E-state index is 13.0. The van der Waals surface area contributed by atoms with Gasteiger partial charge in [-0.3, -0.25) is 0 Å². The molecule has 0 aliphatic heterocycles. The minimum Gasteiger partial charge on any atom is -0.496 e. The molecule has 74 valence electrons. The molecule has 0 saturated carbocycles. The Kier molecular flexibility index (Phi) is 3.80. The summed E-state index contributed by atoms with van der Waals surface area (Å²) in [6.07, 6.45) is 1.41. The second-order valence-electron chi connectivity index (χ2n) is 2.49. The molecule has 0 bridgehead atoms. The highest BCUT2D eigenvalue weighted by atomic mass is 79.9. The van der Waals surface area contributed by atoms with Gasteiger partial charge in [-0.25, -0.2) is 14.2 Å². The first-order valence-electron chi connectivity index (χ1n) is 3.74. The summed E-state index contributed by atoms with van der Waals surface area (Å²) >= 11 is 3.03. The molecular weight excluding hydrogens is 253 g/mol. The highest BCUT2D eigenvalue weighted by Crippen LogP contribution is 2.26. The fourth-order valence-electron chi connectivity index (χ4n) is 1.00. The van der Waals surface area contributed by atoms with Crippen LogP contribution in [0.5, 0.6) is 5.75 Å². The molecule has 1 rings (SSSR count). The molecule has 0 saturated heterocycles. The molecule has 0 aromatic heterocycles. The molecule has 0 aliphatic rings. The standard InChI is InChI=1S/C9H7BrFNO2/c1-14-9-3-8(11)7(10)2-6(9)4-12-5-13/h2-3H,4H2,1H3. The Morgan fingerprint density at radius 1 is 1.64 bits per heavy atom. The van der Waals surface area contributed by atoms with Crippen molar-refractivity contribution in [3.8, 4) is 5.75 Å². The van der Waals surface area contributed by atoms with Crippen LogP contribution in [0.2, 0.25) is 0 Å². The number of nitrogens with zero attached hydrogens (tertiary/aromatic N) is 1. The van der Waals surface area contributed by atoms with Crippen LogP contribution in [0.25, 0.3) is 0 Å². The maximum Gasteiger partial charge on any atom is 0.235 e. The van der Waals surface area contributed by atoms with Gasteiger partial charge in [0.05, 0.1) is 18.1 Å². The third kappa shape index (κ3) is 2.40. The Morgan fingerprint density at radius 2 is 2.36 bits per heavy atom. The molecule has 14 heavy (non-hydrogen) atoms. The zero-order valence-corrected chi connectivity index (χ0v) is 8.97. The summed E-state index contributed by atoms with van der Waals surface area (Å²) in [4.78, 5) is 13.3. The van der Waals surface area contributed by atoms with E-state index in [1.54, 1.807) is 0 Å². The van der Waals surface area contributed by atoms with E-state index in [-0.39, 0.29) is 6.54 Å². The van der Waals surface area contributed by atoms with Crippen LogP contribution in [-0.2, 0) is 11.3 Å². The smallest absolute Gasteiger partial charge is 0.235 e. The van der Waals surface area contributed by atoms with Crippen LogP contribution in [0.4, 0.5) is 4.39 Å². The van der Waals surface area contributed by atoms with Crippen molar-refractivity contribution in [2.45, 2.75) is 6.54 Å². The van der Waals surface area contributed by atoms with Crippen LogP contribution in [0, 0.1) is 5.82 Å². The van der Waals surface area contributed by atoms with E-state index in [0.29, 0.717) is 15.8 Å². The molecule has 0 spiro atoms. The van der Waals surface area contributed by atoms with E-state index in [4.69, 9.17) is 4.74 Å². The summed E-state index contributed by atoms with van der Waals surface area (Å²) in [7, 11) is 1.43. The number of rotatable bonds is 3. The normalized spacial score (nSPS) is 9.36. The van der Waals surface area contributed by atoms with Gasteiger partial charge in [-0.2, -0.15) is 0 Å². The Balaban J connectivity index is 3.12. The number of aliphatic imine (C=N–C) groups is 1. The molecule has 0 aliphatic carbocycles. The van der Waals surface area contributed by atoms with Gasteiger partial charge in [-0.15, -0.1) is 0 Å². The van der Waals surface area contributed by atoms with Crippen LogP contribution < -0.4 is 4.74 Å². The van der Waals surface area contributed by atoms with Gasteiger partial charge in [-0.05, 0) is 22.0 Å². The molecular formula is C9H7BrFNO2. The van der Waals surface area contributed by atoms with E-state index in [1.807, 2.05) is 0 Å². The lowest BCUT2D eigenvalue weighted by Crippen LogP contribution is -1.93. The van der Waals surface area contributed by atoms with Gasteiger partial charge >= 0.3 is 0 Å². The predicted octanol–water partition coefficient (Wildman–Crippen LogP) is 2.43. The van der Waals surface area contributed by atoms with Crippen molar-refractivity contribution in [1.82, 2.24) is 0 Å². The number of isocyanates is 1. The van der Waals surface area contributed by atoms with Crippen LogP contribution in [-0.4, -0.2) is 13.2 Å². The van der Waals surface area contributed by atoms with Crippen molar-refractivity contribution >= 4 is 22.0 Å². The van der Waals surface area contributed by atoms with Gasteiger partial charge in [0.2, 0.25) is 6.08 Å². The zero-order chi connectivity index (χ0) is 10.6. The highest BCUT2D eigenvalue weighted by Gasteiger charge is 2.07. The summed E-state index contributed by atoms with van der Waals surface area (Å²) < 4.78 is 18.3. The summed E-state index contributed by atoms with van der Waals surface area (Å²) in [5, 5.41) is 0. The van der Waals surface area contributed by atoms with Crippen LogP contribution in [0.3, 0.4) is 0 Å². The van der Waals surface area contributed by atoms with E-state index in [9.17, 15) is 9.18 Å². The first kappa shape index (κ1) is 10.9. The number of halogens is 2. The SMILES string of the molecule is COc1cc(F)c(Br)cc1CN=C=O. The van der Waals surface area contributed by atoms with Gasteiger partial charge in [0.1, 0.15) is 11.6 Å². The Labute approximate surface area is 88.7 Å². The molecule has 3 nitrogen and oxygen atoms in total. The third-order valence-corrected chi connectivity index (χ3v) is 2.24. The summed E-state index contributed by atoms with van der Waals surface area (Å²) in [6.45, 7) is 0.131. The van der Waals surface area contributed by atoms with Gasteiger partial charge in [0.25, 0.3) is 0 Å². The van der Waals surface area contributed by atoms with E-state index in [1.165, 1.54) is 25.3 Å². The number of hydrogen-bond donors (Lipinski definition) is 0. The predicted molar refractivity (Wildman–Crippen MR) is 52.5 cm³/mol. The molecule has 1 aromatic carbocycles. The van der Waals surface area contributed by atoms with Crippen molar-refractivity contribution in [3.63, 3.8) is 0 Å². The minimum absolute atomic E-state index is 0.131. The fraction of sp³-hybridized carbons (Fsp3) is 0.222. The lowest BCUT2D eigenvalue weighted by molar-refractivity contribution is 0.406. The second-order valence-corrected chi connectivity index (χ2v) is 3.34. The molecule has 0 amide bonds. The first-order chi connectivity index (χ1) is 6.69. The lowest BCUT2D eigenvalue weighted by Gasteiger charge is -2.06. The van der Waals surface area contributed by atoms with E-state index < -0.39 is 5.82 Å². The van der Waals surface area contributed by atoms with Gasteiger partial charge in [0.15, 0.2) is 0 Å². The second kappa shape index (κ2) is 4.88. The Bertz CT molecular complexity index is 389. The third-order valence-electron chi connectivity index (χ3n) is 1.64. The van der Waals surface area contributed by atoms with Crippen LogP contribution in [0.15, 0.2) is 21.6 Å². The average Bonchev–Trinajstić information content (AvgIpc) is 2.19. The quantitative estimate of drug-likeness (QED) is 0.618. The molecule has 0 fully saturated rings. The van der Waals surface area contributed by atoms with E-state index in [0.717, 1.165) is 0 Å². The summed E-state index contributed by atoms with van der Waals surface area (Å²) in [6, 6.07) is 2.76. The van der Waals surface area contributed by atoms with Crippen LogP contribution >= 0.6 is 15.9 Å². The molecule has 0 N–H and O–H groups in total. The number of carbonyl (C=O) groups excluding carboxylic acids is 1. The topological polar surface area (TPSA) is 38.7 Å². The minimum atomic E-state index is -0.416. The van der Waals surface area contributed by atoms with Crippen molar-refractivity contribution in [2.75, 3.05) is 7.11 Å². The first-order valence-corrected chi connectivity index (χ1v) is 4.54. The van der Waals surface area contributed by atoms with E-state index in [2.05, 4.69) is 20.9 Å². The lowest BCUT2D eigenvalue weighted by atomic mass is 10.2. The van der Waals surface area contributed by atoms with Crippen LogP contribution in [0.1, 0.15) is 5.56 Å². The molecule has 0 unspecified atom stereocenters. The Hall–Kier alpha value is -1.19. The maximum atomic E-state index is 13.0. The van der Waals surface area contributed by atoms with Crippen molar-refractivity contribution < 1.29 is 13.9 Å². The number of methoxy groups -OCH3 is 1. The van der Waals surface area contributed by atoms with E-state index >= 15 is 0 Å². The van der Waals surface area contributed by atoms with Crippen molar-refractivity contribution in [3.05, 3.63) is 28.0 Å². The number of benzene rings is 1. The molecule has 0 radical (unpaired) electrons. The van der Waals surface area contributed by atoms with Crippen molar-refractivity contribution in [2.24, 2.45) is 4.99 Å².